The molecule has 3 aromatic rings. The zero-order valence-electron chi connectivity index (χ0n) is 18.1. The average molecular weight is 496 g/mol. The highest BCUT2D eigenvalue weighted by molar-refractivity contribution is 8.00. The quantitative estimate of drug-likeness (QED) is 0.505. The van der Waals surface area contributed by atoms with Crippen LogP contribution in [0.3, 0.4) is 0 Å². The fraction of sp³-hybridized carbons (Fsp3) is 0.125. The lowest BCUT2D eigenvalue weighted by Crippen LogP contribution is -2.31. The summed E-state index contributed by atoms with van der Waals surface area (Å²) < 4.78 is 22.8. The van der Waals surface area contributed by atoms with Crippen LogP contribution in [0, 0.1) is 6.92 Å². The predicted molar refractivity (Wildman–Crippen MR) is 130 cm³/mol. The number of nitrogens with zero attached hydrogens (tertiary/aromatic N) is 1. The number of carbonyl (C=O) groups excluding carboxylic acids is 3. The fourth-order valence-electron chi connectivity index (χ4n) is 3.56. The Kier molecular flexibility index (Phi) is 6.56. The Morgan fingerprint density at radius 3 is 2.26 bits per heavy atom. The number of hydrogen-bond donors (Lipinski definition) is 2. The number of sulfonamides is 1. The molecule has 1 saturated heterocycles. The van der Waals surface area contributed by atoms with Crippen LogP contribution in [0.1, 0.15) is 22.3 Å². The SMILES string of the molecule is Cc1ccccc1C(=O)Nc1ccc(SC2CC(=O)N(c3ccc(S(N)(=O)=O)cc3)C2=O)cc1. The highest BCUT2D eigenvalue weighted by atomic mass is 32.2. The molecule has 8 nitrogen and oxygen atoms in total. The van der Waals surface area contributed by atoms with Crippen molar-refractivity contribution in [2.75, 3.05) is 10.2 Å². The first-order valence-electron chi connectivity index (χ1n) is 10.3. The molecule has 0 radical (unpaired) electrons. The first-order chi connectivity index (χ1) is 16.1. The molecule has 1 heterocycles. The second-order valence-electron chi connectivity index (χ2n) is 7.71. The van der Waals surface area contributed by atoms with Gasteiger partial charge in [0.1, 0.15) is 0 Å². The van der Waals surface area contributed by atoms with Crippen LogP contribution in [0.4, 0.5) is 11.4 Å². The van der Waals surface area contributed by atoms with E-state index < -0.39 is 15.3 Å². The van der Waals surface area contributed by atoms with Crippen LogP contribution in [0.25, 0.3) is 0 Å². The van der Waals surface area contributed by atoms with E-state index in [0.717, 1.165) is 15.4 Å². The van der Waals surface area contributed by atoms with Gasteiger partial charge in [0.05, 0.1) is 15.8 Å². The van der Waals surface area contributed by atoms with Crippen LogP contribution in [0.5, 0.6) is 0 Å². The van der Waals surface area contributed by atoms with Crippen molar-refractivity contribution in [3.63, 3.8) is 0 Å². The maximum absolute atomic E-state index is 12.9. The maximum Gasteiger partial charge on any atom is 0.255 e. The number of carbonyl (C=O) groups is 3. The molecule has 0 saturated carbocycles. The molecule has 34 heavy (non-hydrogen) atoms. The monoisotopic (exact) mass is 495 g/mol. The van der Waals surface area contributed by atoms with Crippen LogP contribution in [0.15, 0.2) is 82.6 Å². The van der Waals surface area contributed by atoms with Gasteiger partial charge in [-0.3, -0.25) is 14.4 Å². The zero-order valence-corrected chi connectivity index (χ0v) is 19.7. The molecule has 0 bridgehead atoms. The summed E-state index contributed by atoms with van der Waals surface area (Å²) in [6, 6.07) is 19.6. The van der Waals surface area contributed by atoms with E-state index in [1.54, 1.807) is 36.4 Å². The van der Waals surface area contributed by atoms with Gasteiger partial charge in [0.15, 0.2) is 0 Å². The predicted octanol–water partition coefficient (Wildman–Crippen LogP) is 3.32. The molecule has 1 atom stereocenters. The molecule has 3 amide bonds. The Morgan fingerprint density at radius 2 is 1.65 bits per heavy atom. The Balaban J connectivity index is 1.42. The number of thioether (sulfide) groups is 1. The number of amides is 3. The van der Waals surface area contributed by atoms with Crippen molar-refractivity contribution in [2.24, 2.45) is 5.14 Å². The normalized spacial score (nSPS) is 16.1. The van der Waals surface area contributed by atoms with E-state index in [2.05, 4.69) is 5.32 Å². The maximum atomic E-state index is 12.9. The topological polar surface area (TPSA) is 127 Å². The third-order valence-corrected chi connectivity index (χ3v) is 7.44. The molecule has 10 heteroatoms. The Morgan fingerprint density at radius 1 is 1.00 bits per heavy atom. The van der Waals surface area contributed by atoms with Gasteiger partial charge in [0.25, 0.3) is 5.91 Å². The van der Waals surface area contributed by atoms with Crippen LogP contribution >= 0.6 is 11.8 Å². The molecule has 3 aromatic carbocycles. The summed E-state index contributed by atoms with van der Waals surface area (Å²) in [6.07, 6.45) is 0.0200. The number of rotatable bonds is 6. The summed E-state index contributed by atoms with van der Waals surface area (Å²) in [6.45, 7) is 1.87. The van der Waals surface area contributed by atoms with E-state index in [4.69, 9.17) is 5.14 Å². The fourth-order valence-corrected chi connectivity index (χ4v) is 5.13. The summed E-state index contributed by atoms with van der Waals surface area (Å²) in [5, 5.41) is 7.33. The second-order valence-corrected chi connectivity index (χ2v) is 10.5. The van der Waals surface area contributed by atoms with E-state index in [1.807, 2.05) is 19.1 Å². The number of primary sulfonamides is 1. The lowest BCUT2D eigenvalue weighted by molar-refractivity contribution is -0.121. The van der Waals surface area contributed by atoms with Gasteiger partial charge in [-0.2, -0.15) is 0 Å². The molecule has 0 spiro atoms. The first kappa shape index (κ1) is 23.7. The van der Waals surface area contributed by atoms with Gasteiger partial charge in [-0.15, -0.1) is 11.8 Å². The van der Waals surface area contributed by atoms with Crippen LogP contribution in [-0.4, -0.2) is 31.4 Å². The van der Waals surface area contributed by atoms with Crippen molar-refractivity contribution < 1.29 is 22.8 Å². The summed E-state index contributed by atoms with van der Waals surface area (Å²) in [7, 11) is -3.87. The van der Waals surface area contributed by atoms with Crippen LogP contribution in [0.2, 0.25) is 0 Å². The minimum absolute atomic E-state index is 0.0200. The van der Waals surface area contributed by atoms with Crippen molar-refractivity contribution in [3.8, 4) is 0 Å². The third kappa shape index (κ3) is 5.04. The van der Waals surface area contributed by atoms with Gasteiger partial charge in [-0.05, 0) is 67.1 Å². The molecule has 0 aromatic heterocycles. The van der Waals surface area contributed by atoms with Gasteiger partial charge < -0.3 is 5.32 Å². The number of nitrogens with two attached hydrogens (primary N) is 1. The van der Waals surface area contributed by atoms with E-state index >= 15 is 0 Å². The lowest BCUT2D eigenvalue weighted by Gasteiger charge is -2.15. The first-order valence-corrected chi connectivity index (χ1v) is 12.7. The standard InChI is InChI=1S/C24H21N3O5S2/c1-15-4-2-3-5-20(15)23(29)26-16-6-10-18(11-7-16)33-21-14-22(28)27(24(21)30)17-8-12-19(13-9-17)34(25,31)32/h2-13,21H,14H2,1H3,(H,26,29)(H2,25,31,32). The van der Waals surface area contributed by atoms with Gasteiger partial charge in [0.2, 0.25) is 21.8 Å². The van der Waals surface area contributed by atoms with Gasteiger partial charge in [-0.1, -0.05) is 18.2 Å². The number of hydrogen-bond acceptors (Lipinski definition) is 6. The molecule has 0 aliphatic carbocycles. The van der Waals surface area contributed by atoms with E-state index in [0.29, 0.717) is 16.9 Å². The number of anilines is 2. The lowest BCUT2D eigenvalue weighted by atomic mass is 10.1. The summed E-state index contributed by atoms with van der Waals surface area (Å²) >= 11 is 1.25. The smallest absolute Gasteiger partial charge is 0.255 e. The van der Waals surface area contributed by atoms with E-state index in [-0.39, 0.29) is 29.0 Å². The number of benzene rings is 3. The largest absolute Gasteiger partial charge is 0.322 e. The third-order valence-electron chi connectivity index (χ3n) is 5.31. The molecule has 1 fully saturated rings. The molecule has 3 N–H and O–H groups in total. The van der Waals surface area contributed by atoms with Crippen molar-refractivity contribution in [1.29, 1.82) is 0 Å². The summed E-state index contributed by atoms with van der Waals surface area (Å²) in [5.74, 6) is -0.956. The van der Waals surface area contributed by atoms with Gasteiger partial charge in [0, 0.05) is 22.6 Å². The Hall–Kier alpha value is -3.47. The highest BCUT2D eigenvalue weighted by Gasteiger charge is 2.40. The number of aryl methyl sites for hydroxylation is 1. The van der Waals surface area contributed by atoms with E-state index in [9.17, 15) is 22.8 Å². The second kappa shape index (κ2) is 9.41. The van der Waals surface area contributed by atoms with Gasteiger partial charge >= 0.3 is 0 Å². The minimum atomic E-state index is -3.87. The molecule has 1 aliphatic heterocycles. The Bertz CT molecular complexity index is 1370. The van der Waals surface area contributed by atoms with Crippen LogP contribution < -0.4 is 15.4 Å². The Labute approximate surface area is 201 Å². The molecular formula is C24H21N3O5S2. The highest BCUT2D eigenvalue weighted by Crippen LogP contribution is 2.34. The van der Waals surface area contributed by atoms with Crippen LogP contribution in [-0.2, 0) is 19.6 Å². The summed E-state index contributed by atoms with van der Waals surface area (Å²) in [4.78, 5) is 39.6. The molecule has 1 aliphatic rings. The number of nitrogens with one attached hydrogen (secondary N) is 1. The molecule has 174 valence electrons. The average Bonchev–Trinajstić information content (AvgIpc) is 3.07. The number of imide groups is 1. The van der Waals surface area contributed by atoms with Crippen molar-refractivity contribution in [1.82, 2.24) is 0 Å². The van der Waals surface area contributed by atoms with Crippen molar-refractivity contribution in [2.45, 2.75) is 28.4 Å². The molecular weight excluding hydrogens is 474 g/mol. The molecule has 4 rings (SSSR count). The molecule has 1 unspecified atom stereocenters. The summed E-state index contributed by atoms with van der Waals surface area (Å²) in [5.41, 5.74) is 2.37. The minimum Gasteiger partial charge on any atom is -0.322 e. The van der Waals surface area contributed by atoms with Crippen molar-refractivity contribution in [3.05, 3.63) is 83.9 Å². The zero-order chi connectivity index (χ0) is 24.5. The van der Waals surface area contributed by atoms with E-state index in [1.165, 1.54) is 36.0 Å². The van der Waals surface area contributed by atoms with Gasteiger partial charge in [-0.25, -0.2) is 18.5 Å². The van der Waals surface area contributed by atoms with Crippen molar-refractivity contribution >= 4 is 50.9 Å².